The van der Waals surface area contributed by atoms with Gasteiger partial charge in [0.2, 0.25) is 0 Å². The van der Waals surface area contributed by atoms with E-state index in [2.05, 4.69) is 10.4 Å². The van der Waals surface area contributed by atoms with Crippen molar-refractivity contribution in [3.05, 3.63) is 34.0 Å². The van der Waals surface area contributed by atoms with Gasteiger partial charge in [-0.05, 0) is 46.2 Å². The highest BCUT2D eigenvalue weighted by molar-refractivity contribution is 7.18. The van der Waals surface area contributed by atoms with Crippen LogP contribution in [0.15, 0.2) is 12.3 Å². The van der Waals surface area contributed by atoms with Crippen LogP contribution in [0, 0.1) is 6.92 Å². The number of anilines is 1. The van der Waals surface area contributed by atoms with Gasteiger partial charge in [0.1, 0.15) is 10.7 Å². The summed E-state index contributed by atoms with van der Waals surface area (Å²) >= 11 is 1.09. The Kier molecular flexibility index (Phi) is 6.95. The minimum atomic E-state index is -0.567. The van der Waals surface area contributed by atoms with Crippen LogP contribution in [0.5, 0.6) is 0 Å². The lowest BCUT2D eigenvalue weighted by Gasteiger charge is -2.18. The number of thiophene rings is 1. The number of amides is 2. The highest BCUT2D eigenvalue weighted by atomic mass is 32.1. The van der Waals surface area contributed by atoms with Crippen molar-refractivity contribution < 1.29 is 19.1 Å². The molecule has 1 N–H and O–H groups in total. The van der Waals surface area contributed by atoms with E-state index in [-0.39, 0.29) is 17.6 Å². The second-order valence-electron chi connectivity index (χ2n) is 6.49. The van der Waals surface area contributed by atoms with E-state index in [0.29, 0.717) is 34.2 Å². The number of carbonyl (C=O) groups excluding carboxylic acids is 3. The Morgan fingerprint density at radius 3 is 2.43 bits per heavy atom. The fourth-order valence-electron chi connectivity index (χ4n) is 2.74. The zero-order valence-electron chi connectivity index (χ0n) is 17.0. The van der Waals surface area contributed by atoms with Crippen LogP contribution in [0.3, 0.4) is 0 Å². The first-order chi connectivity index (χ1) is 13.2. The average molecular weight is 407 g/mol. The summed E-state index contributed by atoms with van der Waals surface area (Å²) in [6, 6.07) is 1.57. The maximum absolute atomic E-state index is 12.9. The molecule has 0 atom stereocenters. The first-order valence-corrected chi connectivity index (χ1v) is 9.95. The van der Waals surface area contributed by atoms with Crippen molar-refractivity contribution in [3.8, 4) is 0 Å². The first-order valence-electron chi connectivity index (χ1n) is 9.14. The molecule has 0 aliphatic carbocycles. The Labute approximate surface area is 168 Å². The van der Waals surface area contributed by atoms with Gasteiger partial charge in [-0.25, -0.2) is 4.79 Å². The number of carbonyl (C=O) groups is 3. The minimum Gasteiger partial charge on any atom is -0.459 e. The van der Waals surface area contributed by atoms with Crippen LogP contribution in [0.4, 0.5) is 5.00 Å². The summed E-state index contributed by atoms with van der Waals surface area (Å²) in [6.45, 7) is 10.1. The SMILES string of the molecule is CCN(CC)C(=O)c1sc(NC(=O)c2ccnn2C)c(C(=O)OC(C)C)c1C. The van der Waals surface area contributed by atoms with Crippen LogP contribution in [-0.2, 0) is 11.8 Å². The monoisotopic (exact) mass is 406 g/mol. The molecule has 28 heavy (non-hydrogen) atoms. The van der Waals surface area contributed by atoms with Crippen molar-refractivity contribution in [3.63, 3.8) is 0 Å². The molecule has 9 heteroatoms. The number of hydrogen-bond donors (Lipinski definition) is 1. The Bertz CT molecular complexity index is 881. The molecular weight excluding hydrogens is 380 g/mol. The number of nitrogens with zero attached hydrogens (tertiary/aromatic N) is 3. The molecule has 0 radical (unpaired) electrons. The molecule has 2 aromatic rings. The van der Waals surface area contributed by atoms with Gasteiger partial charge >= 0.3 is 5.97 Å². The lowest BCUT2D eigenvalue weighted by Crippen LogP contribution is -2.30. The summed E-state index contributed by atoms with van der Waals surface area (Å²) in [4.78, 5) is 40.2. The van der Waals surface area contributed by atoms with Crippen LogP contribution < -0.4 is 5.32 Å². The molecule has 0 aliphatic heterocycles. The molecule has 152 valence electrons. The van der Waals surface area contributed by atoms with Gasteiger partial charge in [0.15, 0.2) is 0 Å². The second-order valence-corrected chi connectivity index (χ2v) is 7.51. The molecule has 0 saturated heterocycles. The number of rotatable bonds is 7. The van der Waals surface area contributed by atoms with E-state index < -0.39 is 11.9 Å². The zero-order chi connectivity index (χ0) is 21.0. The average Bonchev–Trinajstić information content (AvgIpc) is 3.18. The van der Waals surface area contributed by atoms with Crippen molar-refractivity contribution in [1.29, 1.82) is 0 Å². The summed E-state index contributed by atoms with van der Waals surface area (Å²) in [5.41, 5.74) is 1.06. The van der Waals surface area contributed by atoms with Crippen molar-refractivity contribution in [1.82, 2.24) is 14.7 Å². The van der Waals surface area contributed by atoms with Gasteiger partial charge in [-0.2, -0.15) is 5.10 Å². The van der Waals surface area contributed by atoms with Crippen LogP contribution in [-0.4, -0.2) is 51.7 Å². The van der Waals surface area contributed by atoms with Crippen molar-refractivity contribution in [2.24, 2.45) is 7.05 Å². The van der Waals surface area contributed by atoms with E-state index in [1.807, 2.05) is 13.8 Å². The number of ether oxygens (including phenoxy) is 1. The Hall–Kier alpha value is -2.68. The minimum absolute atomic E-state index is 0.174. The molecule has 2 heterocycles. The number of nitrogens with one attached hydrogen (secondary N) is 1. The maximum Gasteiger partial charge on any atom is 0.341 e. The summed E-state index contributed by atoms with van der Waals surface area (Å²) in [5.74, 6) is -1.16. The molecule has 0 bridgehead atoms. The fourth-order valence-corrected chi connectivity index (χ4v) is 3.90. The number of esters is 1. The normalized spacial score (nSPS) is 10.8. The standard InChI is InChI=1S/C19H26N4O4S/c1-7-23(8-2)18(25)15-12(5)14(19(26)27-11(3)4)17(28-15)21-16(24)13-9-10-20-22(13)6/h9-11H,7-8H2,1-6H3,(H,21,24). The van der Waals surface area contributed by atoms with Gasteiger partial charge in [-0.3, -0.25) is 14.3 Å². The number of hydrogen-bond acceptors (Lipinski definition) is 6. The molecule has 8 nitrogen and oxygen atoms in total. The van der Waals surface area contributed by atoms with Crippen molar-refractivity contribution in [2.45, 2.75) is 40.7 Å². The third kappa shape index (κ3) is 4.41. The van der Waals surface area contributed by atoms with E-state index in [1.165, 1.54) is 10.9 Å². The Balaban J connectivity index is 2.48. The fraction of sp³-hybridized carbons (Fsp3) is 0.474. The molecule has 2 aromatic heterocycles. The van der Waals surface area contributed by atoms with E-state index >= 15 is 0 Å². The molecule has 2 rings (SSSR count). The van der Waals surface area contributed by atoms with Crippen molar-refractivity contribution in [2.75, 3.05) is 18.4 Å². The number of aromatic nitrogens is 2. The van der Waals surface area contributed by atoms with Gasteiger partial charge < -0.3 is 15.0 Å². The first kappa shape index (κ1) is 21.6. The predicted octanol–water partition coefficient (Wildman–Crippen LogP) is 3.09. The molecule has 0 spiro atoms. The van der Waals surface area contributed by atoms with Crippen LogP contribution in [0.25, 0.3) is 0 Å². The maximum atomic E-state index is 12.9. The van der Waals surface area contributed by atoms with Gasteiger partial charge in [-0.1, -0.05) is 0 Å². The molecule has 0 fully saturated rings. The van der Waals surface area contributed by atoms with Crippen molar-refractivity contribution >= 4 is 34.1 Å². The topological polar surface area (TPSA) is 93.5 Å². The van der Waals surface area contributed by atoms with E-state index in [4.69, 9.17) is 4.74 Å². The van der Waals surface area contributed by atoms with Crippen LogP contribution in [0.1, 0.15) is 63.8 Å². The zero-order valence-corrected chi connectivity index (χ0v) is 17.8. The summed E-state index contributed by atoms with van der Waals surface area (Å²) < 4.78 is 6.77. The highest BCUT2D eigenvalue weighted by Crippen LogP contribution is 2.35. The third-order valence-corrected chi connectivity index (χ3v) is 5.41. The van der Waals surface area contributed by atoms with Gasteiger partial charge in [0, 0.05) is 26.3 Å². The number of aryl methyl sites for hydroxylation is 1. The smallest absolute Gasteiger partial charge is 0.341 e. The molecule has 2 amide bonds. The van der Waals surface area contributed by atoms with Crippen LogP contribution >= 0.6 is 11.3 Å². The molecule has 0 aromatic carbocycles. The highest BCUT2D eigenvalue weighted by Gasteiger charge is 2.29. The van der Waals surface area contributed by atoms with E-state index in [1.54, 1.807) is 38.8 Å². The second kappa shape index (κ2) is 9.01. The van der Waals surface area contributed by atoms with Crippen LogP contribution in [0.2, 0.25) is 0 Å². The molecular formula is C19H26N4O4S. The largest absolute Gasteiger partial charge is 0.459 e. The Morgan fingerprint density at radius 2 is 1.93 bits per heavy atom. The quantitative estimate of drug-likeness (QED) is 0.713. The summed E-state index contributed by atoms with van der Waals surface area (Å²) in [6.07, 6.45) is 1.19. The lowest BCUT2D eigenvalue weighted by atomic mass is 10.1. The molecule has 0 saturated carbocycles. The van der Waals surface area contributed by atoms with Gasteiger partial charge in [0.25, 0.3) is 11.8 Å². The molecule has 0 aliphatic rings. The van der Waals surface area contributed by atoms with Gasteiger partial charge in [0.05, 0.1) is 16.5 Å². The third-order valence-electron chi connectivity index (χ3n) is 4.22. The predicted molar refractivity (Wildman–Crippen MR) is 108 cm³/mol. The summed E-state index contributed by atoms with van der Waals surface area (Å²) in [7, 11) is 1.65. The summed E-state index contributed by atoms with van der Waals surface area (Å²) in [5, 5.41) is 7.02. The van der Waals surface area contributed by atoms with E-state index in [9.17, 15) is 14.4 Å². The Morgan fingerprint density at radius 1 is 1.29 bits per heavy atom. The molecule has 0 unspecified atom stereocenters. The lowest BCUT2D eigenvalue weighted by molar-refractivity contribution is 0.0379. The van der Waals surface area contributed by atoms with Gasteiger partial charge in [-0.15, -0.1) is 11.3 Å². The van der Waals surface area contributed by atoms with E-state index in [0.717, 1.165) is 11.3 Å².